The van der Waals surface area contributed by atoms with Gasteiger partial charge in [-0.2, -0.15) is 0 Å². The second-order valence-electron chi connectivity index (χ2n) is 19.1. The summed E-state index contributed by atoms with van der Waals surface area (Å²) in [5, 5.41) is 7.75. The largest absolute Gasteiger partial charge is 0.454 e. The SMILES string of the molecule is Fc1ccc(N(c2cccc3c2oc2c(C4CCCC4)cccc23)c2c3ccccc3c(N(c3ccc(F)cc3)c3cccc4c3oc3c(C5CCCC5)cccc34)c3c2oc2ccccc23)cc1. The van der Waals surface area contributed by atoms with Gasteiger partial charge in [0, 0.05) is 49.1 Å². The topological polar surface area (TPSA) is 45.9 Å². The van der Waals surface area contributed by atoms with E-state index in [1.165, 1.54) is 61.1 Å². The van der Waals surface area contributed by atoms with Crippen molar-refractivity contribution >= 4 is 111 Å². The second-order valence-corrected chi connectivity index (χ2v) is 19.1. The van der Waals surface area contributed by atoms with E-state index in [4.69, 9.17) is 13.3 Å². The smallest absolute Gasteiger partial charge is 0.162 e. The fourth-order valence-corrected chi connectivity index (χ4v) is 12.1. The van der Waals surface area contributed by atoms with Crippen molar-refractivity contribution in [1.82, 2.24) is 0 Å². The number of halogens is 2. The molecule has 0 unspecified atom stereocenters. The summed E-state index contributed by atoms with van der Waals surface area (Å²) in [5.74, 6) is 0.233. The molecule has 0 aliphatic heterocycles. The molecule has 2 saturated carbocycles. The lowest BCUT2D eigenvalue weighted by molar-refractivity contribution is 0.627. The predicted octanol–water partition coefficient (Wildman–Crippen LogP) is 19.1. The molecule has 69 heavy (non-hydrogen) atoms. The molecule has 0 N–H and O–H groups in total. The molecule has 0 atom stereocenters. The van der Waals surface area contributed by atoms with Crippen molar-refractivity contribution in [3.63, 3.8) is 0 Å². The minimum absolute atomic E-state index is 0.328. The minimum atomic E-state index is -0.332. The van der Waals surface area contributed by atoms with E-state index in [9.17, 15) is 0 Å². The van der Waals surface area contributed by atoms with E-state index in [1.807, 2.05) is 42.5 Å². The summed E-state index contributed by atoms with van der Waals surface area (Å²) in [5.41, 5.74) is 11.9. The highest BCUT2D eigenvalue weighted by molar-refractivity contribution is 6.29. The number of fused-ring (bicyclic) bond motifs is 10. The van der Waals surface area contributed by atoms with Crippen molar-refractivity contribution in [3.05, 3.63) is 193 Å². The molecule has 2 fully saturated rings. The standard InChI is InChI=1S/C62H46F2N2O3/c63-39-29-33-41(34-30-39)65(52-26-11-24-49-47-22-9-20-43(37-13-1-2-14-37)58(47)68-60(49)52)56-45-17-5-6-18-46(45)57(62-55(56)51-19-7-8-28-54(51)67-62)66(42-35-31-40(64)32-36-42)53-27-12-25-50-48-23-10-21-44(38-15-3-4-16-38)59(48)69-61(50)53/h5-12,17-38H,1-4,13-16H2. The molecule has 14 rings (SSSR count). The van der Waals surface area contributed by atoms with Gasteiger partial charge in [-0.15, -0.1) is 0 Å². The fourth-order valence-electron chi connectivity index (χ4n) is 12.1. The van der Waals surface area contributed by atoms with Crippen LogP contribution in [-0.2, 0) is 0 Å². The number of para-hydroxylation sites is 5. The van der Waals surface area contributed by atoms with Crippen LogP contribution in [0.5, 0.6) is 0 Å². The van der Waals surface area contributed by atoms with E-state index in [0.717, 1.165) is 125 Å². The zero-order chi connectivity index (χ0) is 45.7. The molecule has 12 aromatic rings. The maximum absolute atomic E-state index is 15.1. The highest BCUT2D eigenvalue weighted by atomic mass is 19.1. The van der Waals surface area contributed by atoms with Gasteiger partial charge in [0.15, 0.2) is 16.7 Å². The van der Waals surface area contributed by atoms with Gasteiger partial charge < -0.3 is 23.1 Å². The van der Waals surface area contributed by atoms with Gasteiger partial charge in [0.2, 0.25) is 0 Å². The zero-order valence-corrected chi connectivity index (χ0v) is 37.9. The van der Waals surface area contributed by atoms with Crippen molar-refractivity contribution < 1.29 is 22.0 Å². The Morgan fingerprint density at radius 2 is 0.754 bits per heavy atom. The Balaban J connectivity index is 1.10. The number of anilines is 6. The van der Waals surface area contributed by atoms with Gasteiger partial charge in [0.05, 0.1) is 28.1 Å². The molecule has 3 aromatic heterocycles. The highest BCUT2D eigenvalue weighted by Gasteiger charge is 2.33. The first-order valence-corrected chi connectivity index (χ1v) is 24.4. The van der Waals surface area contributed by atoms with Crippen LogP contribution in [0.25, 0.3) is 76.6 Å². The quantitative estimate of drug-likeness (QED) is 0.142. The predicted molar refractivity (Wildman–Crippen MR) is 277 cm³/mol. The normalized spacial score (nSPS) is 14.8. The molecule has 7 heteroatoms. The fraction of sp³-hybridized carbons (Fsp3) is 0.161. The number of nitrogens with zero attached hydrogens (tertiary/aromatic N) is 2. The first kappa shape index (κ1) is 40.2. The van der Waals surface area contributed by atoms with E-state index in [2.05, 4.69) is 113 Å². The van der Waals surface area contributed by atoms with E-state index < -0.39 is 0 Å². The Labute approximate surface area is 396 Å². The van der Waals surface area contributed by atoms with Gasteiger partial charge in [-0.3, -0.25) is 0 Å². The average molecular weight is 905 g/mol. The Morgan fingerprint density at radius 3 is 1.26 bits per heavy atom. The van der Waals surface area contributed by atoms with Gasteiger partial charge in [0.25, 0.3) is 0 Å². The Hall–Kier alpha value is -7.90. The summed E-state index contributed by atoms with van der Waals surface area (Å²) in [6.07, 6.45) is 9.46. The van der Waals surface area contributed by atoms with Gasteiger partial charge >= 0.3 is 0 Å². The minimum Gasteiger partial charge on any atom is -0.454 e. The Kier molecular flexibility index (Phi) is 9.23. The third-order valence-electron chi connectivity index (χ3n) is 15.2. The number of hydrogen-bond donors (Lipinski definition) is 0. The maximum Gasteiger partial charge on any atom is 0.162 e. The summed E-state index contributed by atoms with van der Waals surface area (Å²) >= 11 is 0. The van der Waals surface area contributed by atoms with Crippen molar-refractivity contribution in [3.8, 4) is 0 Å². The summed E-state index contributed by atoms with van der Waals surface area (Å²) in [4.78, 5) is 4.41. The lowest BCUT2D eigenvalue weighted by atomic mass is 9.95. The number of furan rings is 3. The molecule has 336 valence electrons. The summed E-state index contributed by atoms with van der Waals surface area (Å²) < 4.78 is 51.7. The Bertz CT molecular complexity index is 3970. The van der Waals surface area contributed by atoms with Crippen LogP contribution in [0.1, 0.15) is 74.3 Å². The third-order valence-corrected chi connectivity index (χ3v) is 15.2. The molecule has 2 aliphatic carbocycles. The van der Waals surface area contributed by atoms with Crippen LogP contribution in [-0.4, -0.2) is 0 Å². The van der Waals surface area contributed by atoms with Crippen LogP contribution < -0.4 is 9.80 Å². The molecule has 0 bridgehead atoms. The number of rotatable bonds is 8. The lowest BCUT2D eigenvalue weighted by Gasteiger charge is -2.31. The number of benzene rings is 9. The van der Waals surface area contributed by atoms with Gasteiger partial charge in [-0.25, -0.2) is 8.78 Å². The molecular formula is C62H46F2N2O3. The van der Waals surface area contributed by atoms with Crippen LogP contribution in [0.2, 0.25) is 0 Å². The molecule has 0 radical (unpaired) electrons. The van der Waals surface area contributed by atoms with E-state index in [1.54, 1.807) is 0 Å². The van der Waals surface area contributed by atoms with Crippen molar-refractivity contribution in [2.75, 3.05) is 9.80 Å². The summed E-state index contributed by atoms with van der Waals surface area (Å²) in [6.45, 7) is 0. The van der Waals surface area contributed by atoms with Gasteiger partial charge in [-0.05, 0) is 115 Å². The lowest BCUT2D eigenvalue weighted by Crippen LogP contribution is -2.14. The molecule has 0 spiro atoms. The molecule has 2 aliphatic rings. The zero-order valence-electron chi connectivity index (χ0n) is 37.9. The van der Waals surface area contributed by atoms with Crippen LogP contribution >= 0.6 is 0 Å². The monoisotopic (exact) mass is 904 g/mol. The van der Waals surface area contributed by atoms with Crippen LogP contribution in [0.15, 0.2) is 183 Å². The molecule has 3 heterocycles. The van der Waals surface area contributed by atoms with Crippen molar-refractivity contribution in [2.45, 2.75) is 63.2 Å². The van der Waals surface area contributed by atoms with Gasteiger partial charge in [-0.1, -0.05) is 129 Å². The second kappa shape index (κ2) is 15.8. The third kappa shape index (κ3) is 6.25. The molecule has 9 aromatic carbocycles. The van der Waals surface area contributed by atoms with Crippen LogP contribution in [0, 0.1) is 11.6 Å². The van der Waals surface area contributed by atoms with Crippen molar-refractivity contribution in [1.29, 1.82) is 0 Å². The first-order chi connectivity index (χ1) is 34.1. The average Bonchev–Trinajstić information content (AvgIpc) is 4.26. The molecule has 0 amide bonds. The molecule has 5 nitrogen and oxygen atoms in total. The van der Waals surface area contributed by atoms with Crippen LogP contribution in [0.4, 0.5) is 42.9 Å². The van der Waals surface area contributed by atoms with E-state index >= 15 is 8.78 Å². The Morgan fingerprint density at radius 1 is 0.348 bits per heavy atom. The molecular weight excluding hydrogens is 859 g/mol. The van der Waals surface area contributed by atoms with E-state index in [-0.39, 0.29) is 11.6 Å². The van der Waals surface area contributed by atoms with Crippen molar-refractivity contribution in [2.24, 2.45) is 0 Å². The van der Waals surface area contributed by atoms with Crippen LogP contribution in [0.3, 0.4) is 0 Å². The van der Waals surface area contributed by atoms with Gasteiger partial charge in [0.1, 0.15) is 28.4 Å². The first-order valence-electron chi connectivity index (χ1n) is 24.4. The maximum atomic E-state index is 15.1. The molecule has 0 saturated heterocycles. The summed E-state index contributed by atoms with van der Waals surface area (Å²) in [7, 11) is 0. The highest BCUT2D eigenvalue weighted by Crippen LogP contribution is 2.56. The van der Waals surface area contributed by atoms with E-state index in [0.29, 0.717) is 23.0 Å². The summed E-state index contributed by atoms with van der Waals surface area (Å²) in [6, 6.07) is 55.7. The number of hydrogen-bond acceptors (Lipinski definition) is 5.